The zero-order valence-corrected chi connectivity index (χ0v) is 27.2. The number of amides is 2. The number of hydrogen-bond donors (Lipinski definition) is 2. The quantitative estimate of drug-likeness (QED) is 0.218. The number of aromatic nitrogens is 2. The van der Waals surface area contributed by atoms with E-state index in [1.165, 1.54) is 13.0 Å². The van der Waals surface area contributed by atoms with Crippen LogP contribution < -0.4 is 5.32 Å². The molecule has 3 aromatic rings. The molecule has 1 saturated carbocycles. The van der Waals surface area contributed by atoms with Crippen LogP contribution in [0.5, 0.6) is 0 Å². The highest BCUT2D eigenvalue weighted by Crippen LogP contribution is 2.44. The molecule has 0 spiro atoms. The second kappa shape index (κ2) is 13.8. The maximum absolute atomic E-state index is 16.3. The van der Waals surface area contributed by atoms with Crippen LogP contribution in [0, 0.1) is 11.7 Å². The topological polar surface area (TPSA) is 121 Å². The van der Waals surface area contributed by atoms with Crippen LogP contribution in [0.15, 0.2) is 42.5 Å². The molecule has 0 bridgehead atoms. The summed E-state index contributed by atoms with van der Waals surface area (Å²) in [5.41, 5.74) is -0.105. The maximum Gasteiger partial charge on any atom is 0.408 e. The lowest BCUT2D eigenvalue weighted by molar-refractivity contribution is -0.172. The summed E-state index contributed by atoms with van der Waals surface area (Å²) in [6, 6.07) is 10.1. The Morgan fingerprint density at radius 2 is 1.65 bits per heavy atom. The van der Waals surface area contributed by atoms with Crippen molar-refractivity contribution in [3.63, 3.8) is 0 Å². The van der Waals surface area contributed by atoms with Gasteiger partial charge in [0.25, 0.3) is 0 Å². The molecule has 2 unspecified atom stereocenters. The average Bonchev–Trinajstić information content (AvgIpc) is 3.57. The van der Waals surface area contributed by atoms with Crippen LogP contribution in [0.1, 0.15) is 67.9 Å². The van der Waals surface area contributed by atoms with Gasteiger partial charge in [-0.1, -0.05) is 43.3 Å². The average molecular weight is 721 g/mol. The van der Waals surface area contributed by atoms with Crippen molar-refractivity contribution in [2.75, 3.05) is 24.6 Å². The van der Waals surface area contributed by atoms with Crippen LogP contribution in [0.4, 0.5) is 35.5 Å². The summed E-state index contributed by atoms with van der Waals surface area (Å²) < 4.78 is 130. The summed E-state index contributed by atoms with van der Waals surface area (Å²) in [7, 11) is -3.76. The molecule has 1 aliphatic carbocycles. The molecule has 2 atom stereocenters. The number of nitrogens with zero attached hydrogens (tertiary/aromatic N) is 2. The summed E-state index contributed by atoms with van der Waals surface area (Å²) >= 11 is 0. The number of likely N-dealkylation sites (tertiary alicyclic amines) is 1. The van der Waals surface area contributed by atoms with Gasteiger partial charge in [-0.05, 0) is 36.8 Å². The zero-order chi connectivity index (χ0) is 35.8. The van der Waals surface area contributed by atoms with Gasteiger partial charge in [0, 0.05) is 24.2 Å². The number of hydrogen-bond acceptors (Lipinski definition) is 6. The van der Waals surface area contributed by atoms with Gasteiger partial charge in [-0.15, -0.1) is 0 Å². The Morgan fingerprint density at radius 3 is 2.27 bits per heavy atom. The van der Waals surface area contributed by atoms with E-state index in [0.717, 1.165) is 6.07 Å². The second-order valence-electron chi connectivity index (χ2n) is 12.5. The number of imidazole rings is 1. The predicted octanol–water partition coefficient (Wildman–Crippen LogP) is 6.52. The van der Waals surface area contributed by atoms with Crippen LogP contribution in [0.2, 0.25) is 0 Å². The molecule has 1 saturated heterocycles. The van der Waals surface area contributed by atoms with Gasteiger partial charge in [0.2, 0.25) is 11.8 Å². The van der Waals surface area contributed by atoms with Crippen LogP contribution in [-0.2, 0) is 26.0 Å². The largest absolute Gasteiger partial charge is 0.445 e. The molecular weight excluding hydrogens is 685 g/mol. The third-order valence-electron chi connectivity index (χ3n) is 9.11. The number of benzene rings is 2. The lowest BCUT2D eigenvalue weighted by Gasteiger charge is -2.33. The van der Waals surface area contributed by atoms with Crippen LogP contribution in [0.25, 0.3) is 11.0 Å². The fourth-order valence-electron chi connectivity index (χ4n) is 6.19. The second-order valence-corrected chi connectivity index (χ2v) is 15.0. The number of rotatable bonds is 11. The third kappa shape index (κ3) is 8.13. The van der Waals surface area contributed by atoms with Gasteiger partial charge >= 0.3 is 17.9 Å². The van der Waals surface area contributed by atoms with Crippen molar-refractivity contribution >= 4 is 32.9 Å². The summed E-state index contributed by atoms with van der Waals surface area (Å²) in [5, 5.41) is 2.64. The smallest absolute Gasteiger partial charge is 0.408 e. The van der Waals surface area contributed by atoms with E-state index in [-0.39, 0.29) is 47.0 Å². The van der Waals surface area contributed by atoms with Gasteiger partial charge in [0.1, 0.15) is 27.8 Å². The predicted molar refractivity (Wildman–Crippen MR) is 164 cm³/mol. The Bertz CT molecular complexity index is 1760. The minimum atomic E-state index is -4.55. The molecule has 2 N–H and O–H groups in total. The van der Waals surface area contributed by atoms with Crippen LogP contribution in [-0.4, -0.2) is 77.6 Å². The first-order valence-corrected chi connectivity index (χ1v) is 17.5. The number of alkyl halides is 6. The highest BCUT2D eigenvalue weighted by atomic mass is 32.2. The fourth-order valence-corrected chi connectivity index (χ4v) is 7.07. The van der Waals surface area contributed by atoms with Gasteiger partial charge in [-0.3, -0.25) is 4.79 Å². The van der Waals surface area contributed by atoms with Gasteiger partial charge in [0.05, 0.1) is 36.3 Å². The molecule has 1 aliphatic heterocycles. The first-order chi connectivity index (χ1) is 22.9. The van der Waals surface area contributed by atoms with Crippen LogP contribution in [0.3, 0.4) is 0 Å². The van der Waals surface area contributed by atoms with Crippen LogP contribution >= 0.6 is 0 Å². The summed E-state index contributed by atoms with van der Waals surface area (Å²) in [5.74, 6) is -17.8. The number of halogens is 7. The summed E-state index contributed by atoms with van der Waals surface area (Å²) in [6.07, 6.45) is -2.45. The first-order valence-electron chi connectivity index (χ1n) is 15.7. The zero-order valence-electron chi connectivity index (χ0n) is 26.3. The lowest BCUT2D eigenvalue weighted by Crippen LogP contribution is -2.38. The number of alkyl carbamates (subject to hydrolysis) is 1. The van der Waals surface area contributed by atoms with Gasteiger partial charge in [0.15, 0.2) is 5.82 Å². The number of sulfone groups is 1. The molecule has 2 aliphatic rings. The van der Waals surface area contributed by atoms with E-state index in [2.05, 4.69) is 15.3 Å². The molecule has 49 heavy (non-hydrogen) atoms. The van der Waals surface area contributed by atoms with Gasteiger partial charge in [-0.2, -0.15) is 17.6 Å². The standard InChI is InChI=1S/C32H35F7N4O5S/c1-2-49(46,47)15-12-22(28(44)43-17-31(36,37)32(38,39)18-43)21-8-9-23-26(24(21)33)41-27(40-23)25(20-10-13-30(34,35)14-11-20)42-29(45)48-16-19-6-4-3-5-7-19/h3-9,20,22,25H,2,10-18H2,1H3,(H,40,41)(H,42,45). The maximum atomic E-state index is 16.3. The van der Waals surface area contributed by atoms with E-state index in [9.17, 15) is 44.3 Å². The summed E-state index contributed by atoms with van der Waals surface area (Å²) in [6.45, 7) is -2.04. The molecule has 9 nitrogen and oxygen atoms in total. The Kier molecular flexibility index (Phi) is 10.2. The fraction of sp³-hybridized carbons (Fsp3) is 0.531. The van der Waals surface area contributed by atoms with E-state index >= 15 is 4.39 Å². The van der Waals surface area contributed by atoms with Crippen molar-refractivity contribution in [3.8, 4) is 0 Å². The molecule has 2 amide bonds. The van der Waals surface area contributed by atoms with Crippen molar-refractivity contribution < 1.29 is 53.5 Å². The first kappa shape index (κ1) is 36.4. The Morgan fingerprint density at radius 1 is 1.02 bits per heavy atom. The molecule has 1 aromatic heterocycles. The van der Waals surface area contributed by atoms with E-state index in [1.807, 2.05) is 0 Å². The molecule has 2 heterocycles. The van der Waals surface area contributed by atoms with Gasteiger partial charge in [-0.25, -0.2) is 31.4 Å². The molecule has 5 rings (SSSR count). The molecule has 17 heteroatoms. The number of fused-ring (bicyclic) bond motifs is 1. The minimum absolute atomic E-state index is 0.0189. The monoisotopic (exact) mass is 720 g/mol. The van der Waals surface area contributed by atoms with Crippen molar-refractivity contribution in [1.29, 1.82) is 0 Å². The Hall–Kier alpha value is -3.89. The number of aromatic amines is 1. The highest BCUT2D eigenvalue weighted by Gasteiger charge is 2.64. The molecule has 2 fully saturated rings. The van der Waals surface area contributed by atoms with E-state index in [0.29, 0.717) is 5.56 Å². The number of carbonyl (C=O) groups excluding carboxylic acids is 2. The third-order valence-corrected chi connectivity index (χ3v) is 10.8. The summed E-state index contributed by atoms with van der Waals surface area (Å²) in [4.78, 5) is 33.7. The van der Waals surface area contributed by atoms with Crippen molar-refractivity contribution in [3.05, 3.63) is 65.2 Å². The van der Waals surface area contributed by atoms with Crippen molar-refractivity contribution in [2.24, 2.45) is 5.92 Å². The minimum Gasteiger partial charge on any atom is -0.445 e. The molecular formula is C32H35F7N4O5S. The van der Waals surface area contributed by atoms with Crippen molar-refractivity contribution in [2.45, 2.75) is 75.4 Å². The molecule has 2 aromatic carbocycles. The lowest BCUT2D eigenvalue weighted by atomic mass is 9.82. The SMILES string of the molecule is CCS(=O)(=O)CCC(C(=O)N1CC(F)(F)C(F)(F)C1)c1ccc2[nH]c(C(NC(=O)OCc3ccccc3)C3CCC(F)(F)CC3)nc2c1F. The Balaban J connectivity index is 1.47. The number of ether oxygens (including phenoxy) is 1. The highest BCUT2D eigenvalue weighted by molar-refractivity contribution is 7.91. The van der Waals surface area contributed by atoms with E-state index < -0.39 is 107 Å². The normalized spacial score (nSPS) is 20.2. The Labute approximate surface area is 277 Å². The number of nitrogens with one attached hydrogen (secondary N) is 2. The number of carbonyl (C=O) groups is 2. The molecule has 0 radical (unpaired) electrons. The van der Waals surface area contributed by atoms with E-state index in [1.54, 1.807) is 30.3 Å². The van der Waals surface area contributed by atoms with Gasteiger partial charge < -0.3 is 19.9 Å². The van der Waals surface area contributed by atoms with Crippen molar-refractivity contribution in [1.82, 2.24) is 20.2 Å². The van der Waals surface area contributed by atoms with E-state index in [4.69, 9.17) is 4.74 Å². The molecule has 268 valence electrons. The number of H-pyrrole nitrogens is 1.